The molecule has 16 aromatic carbocycles. The van der Waals surface area contributed by atoms with E-state index in [1.165, 1.54) is 23.9 Å². The molecule has 109 heavy (non-hydrogen) atoms. The first-order valence-corrected chi connectivity index (χ1v) is 37.4. The molecular weight excluding hydrogens is 1360 g/mol. The van der Waals surface area contributed by atoms with E-state index in [1.807, 2.05) is 199 Å². The molecular formula is C97H63B2F4N5S. The van der Waals surface area contributed by atoms with E-state index in [4.69, 9.17) is 0 Å². The smallest absolute Gasteiger partial charge is 0.311 e. The van der Waals surface area contributed by atoms with Crippen molar-refractivity contribution in [2.24, 2.45) is 0 Å². The number of halogens is 4. The highest BCUT2D eigenvalue weighted by Crippen LogP contribution is 2.58. The molecule has 0 N–H and O–H groups in total. The Kier molecular flexibility index (Phi) is 15.9. The largest absolute Gasteiger partial charge is 0.419 e. The minimum atomic E-state index is -5.06. The first-order chi connectivity index (χ1) is 53.7. The fourth-order valence-corrected chi connectivity index (χ4v) is 18.5. The molecule has 5 nitrogen and oxygen atoms in total. The van der Waals surface area contributed by atoms with Crippen molar-refractivity contribution in [2.75, 3.05) is 24.5 Å². The third-order valence-corrected chi connectivity index (χ3v) is 22.8. The van der Waals surface area contributed by atoms with E-state index in [0.717, 1.165) is 107 Å². The number of anilines is 15. The molecule has 0 unspecified atom stereocenters. The van der Waals surface area contributed by atoms with Crippen LogP contribution in [0, 0.1) is 5.82 Å². The van der Waals surface area contributed by atoms with Gasteiger partial charge in [-0.2, -0.15) is 13.2 Å². The van der Waals surface area contributed by atoms with Crippen molar-refractivity contribution in [3.63, 3.8) is 0 Å². The Morgan fingerprint density at radius 2 is 0.661 bits per heavy atom. The van der Waals surface area contributed by atoms with Crippen molar-refractivity contribution >= 4 is 143 Å². The van der Waals surface area contributed by atoms with Crippen LogP contribution in [-0.2, 0) is 6.18 Å². The van der Waals surface area contributed by atoms with E-state index < -0.39 is 31.0 Å². The summed E-state index contributed by atoms with van der Waals surface area (Å²) in [6.45, 7) is -1.54. The Bertz CT molecular complexity index is 6070. The molecule has 516 valence electrons. The molecule has 4 aliphatic heterocycles. The fourth-order valence-electron chi connectivity index (χ4n) is 17.1. The summed E-state index contributed by atoms with van der Waals surface area (Å²) in [5, 5.41) is 0. The van der Waals surface area contributed by atoms with Gasteiger partial charge in [0.25, 0.3) is 6.71 Å². The summed E-state index contributed by atoms with van der Waals surface area (Å²) in [6.07, 6.45) is -5.06. The van der Waals surface area contributed by atoms with E-state index in [1.54, 1.807) is 0 Å². The lowest BCUT2D eigenvalue weighted by Crippen LogP contribution is -2.65. The number of alkyl halides is 3. The van der Waals surface area contributed by atoms with Crippen molar-refractivity contribution < 1.29 is 17.6 Å². The average molecular weight is 1430 g/mol. The first kappa shape index (κ1) is 65.3. The molecule has 0 saturated carbocycles. The highest BCUT2D eigenvalue weighted by atomic mass is 32.2. The number of hydrogen-bond acceptors (Lipinski definition) is 6. The molecule has 0 bridgehead atoms. The molecule has 16 aromatic rings. The average Bonchev–Trinajstić information content (AvgIpc) is 0.676. The van der Waals surface area contributed by atoms with E-state index in [-0.39, 0.29) is 10.6 Å². The zero-order chi connectivity index (χ0) is 72.8. The second-order valence-corrected chi connectivity index (χ2v) is 28.9. The second-order valence-electron chi connectivity index (χ2n) is 27.9. The van der Waals surface area contributed by atoms with Crippen molar-refractivity contribution in [1.82, 2.24) is 0 Å². The third-order valence-electron chi connectivity index (χ3n) is 21.6. The lowest BCUT2D eigenvalue weighted by atomic mass is 9.30. The van der Waals surface area contributed by atoms with E-state index in [2.05, 4.69) is 196 Å². The van der Waals surface area contributed by atoms with Crippen LogP contribution in [0.1, 0.15) is 5.56 Å². The highest BCUT2D eigenvalue weighted by Gasteiger charge is 2.53. The Hall–Kier alpha value is -13.3. The number of nitrogens with zero attached hydrogens (tertiary/aromatic N) is 5. The highest BCUT2D eigenvalue weighted by molar-refractivity contribution is 8.00. The van der Waals surface area contributed by atoms with Gasteiger partial charge in [0, 0.05) is 89.2 Å². The zero-order valence-corrected chi connectivity index (χ0v) is 59.5. The third kappa shape index (κ3) is 11.1. The topological polar surface area (TPSA) is 16.2 Å². The zero-order valence-electron chi connectivity index (χ0n) is 58.7. The first-order valence-electron chi connectivity index (χ1n) is 36.6. The van der Waals surface area contributed by atoms with Crippen LogP contribution >= 0.6 is 11.8 Å². The van der Waals surface area contributed by atoms with Gasteiger partial charge in [-0.15, -0.1) is 0 Å². The van der Waals surface area contributed by atoms with Gasteiger partial charge in [-0.05, 0) is 182 Å². The molecule has 4 aliphatic rings. The Morgan fingerprint density at radius 3 is 1.17 bits per heavy atom. The monoisotopic (exact) mass is 1430 g/mol. The van der Waals surface area contributed by atoms with Crippen LogP contribution in [0.25, 0.3) is 44.5 Å². The lowest BCUT2D eigenvalue weighted by molar-refractivity contribution is -0.139. The van der Waals surface area contributed by atoms with Gasteiger partial charge >= 0.3 is 6.18 Å². The molecule has 0 spiro atoms. The number of benzene rings is 16. The molecule has 0 amide bonds. The number of hydrogen-bond donors (Lipinski definition) is 0. The molecule has 0 fully saturated rings. The van der Waals surface area contributed by atoms with Crippen molar-refractivity contribution in [1.29, 1.82) is 0 Å². The maximum Gasteiger partial charge on any atom is 0.419 e. The van der Waals surface area contributed by atoms with Crippen LogP contribution in [0.15, 0.2) is 392 Å². The van der Waals surface area contributed by atoms with Crippen LogP contribution in [-0.4, -0.2) is 13.4 Å². The normalized spacial score (nSPS) is 12.8. The SMILES string of the molecule is Fc1cc(-c2ccccc2)c(N2c3cc(N(c4ccccc4)c4ccccc4)cc4c3B(c3ccccc3N4c3ccccc3)c3cc4c(c(C(F)(F)F)c32)Sc2cc(N(c3ccc(-c5ccccc5)cc3)c3cccc(-c5ccccc5)c3)cc3c2B4c2ccccc2N3c2ccccc2)c(-c2ccccc2)c1. The number of para-hydroxylation sites is 6. The summed E-state index contributed by atoms with van der Waals surface area (Å²) in [6, 6.07) is 128. The van der Waals surface area contributed by atoms with Gasteiger partial charge in [0.05, 0.1) is 22.6 Å². The van der Waals surface area contributed by atoms with Crippen molar-refractivity contribution in [2.45, 2.75) is 16.0 Å². The van der Waals surface area contributed by atoms with Crippen LogP contribution in [0.4, 0.5) is 103 Å². The van der Waals surface area contributed by atoms with Crippen molar-refractivity contribution in [3.8, 4) is 44.5 Å². The minimum Gasteiger partial charge on any atom is -0.311 e. The molecule has 0 aromatic heterocycles. The Labute approximate surface area is 635 Å². The Balaban J connectivity index is 0.925. The molecule has 0 saturated heterocycles. The summed E-state index contributed by atoms with van der Waals surface area (Å²) in [4.78, 5) is 11.7. The number of fused-ring (bicyclic) bond motifs is 8. The summed E-state index contributed by atoms with van der Waals surface area (Å²) in [5.41, 5.74) is 20.5. The minimum absolute atomic E-state index is 0.0399. The predicted octanol–water partition coefficient (Wildman–Crippen LogP) is 23.3. The van der Waals surface area contributed by atoms with Crippen LogP contribution in [0.2, 0.25) is 0 Å². The van der Waals surface area contributed by atoms with Gasteiger partial charge in [0.1, 0.15) is 5.82 Å². The number of rotatable bonds is 13. The molecule has 12 heteroatoms. The van der Waals surface area contributed by atoms with Crippen LogP contribution in [0.5, 0.6) is 0 Å². The van der Waals surface area contributed by atoms with Gasteiger partial charge in [0.2, 0.25) is 6.71 Å². The van der Waals surface area contributed by atoms with Gasteiger partial charge in [-0.3, -0.25) is 0 Å². The van der Waals surface area contributed by atoms with Crippen LogP contribution in [0.3, 0.4) is 0 Å². The van der Waals surface area contributed by atoms with Gasteiger partial charge in [-0.1, -0.05) is 278 Å². The summed E-state index contributed by atoms with van der Waals surface area (Å²) < 4.78 is 74.6. The van der Waals surface area contributed by atoms with Gasteiger partial charge in [0.15, 0.2) is 0 Å². The quantitative estimate of drug-likeness (QED) is 0.0839. The van der Waals surface area contributed by atoms with Gasteiger partial charge in [-0.25, -0.2) is 4.39 Å². The standard InChI is InChI=1S/C97H63B2F4N5S/c100-70-57-79(67-34-13-3-14-35-67)94(80(58-70)68-36-15-4-16-37-68)108-88-60-77(104(71-39-17-5-18-40-71)72-41-19-6-20-42-72)59-87-92(88)98(81-48-25-27-50-85(81)106(87)73-43-21-7-22-44-73)83-63-84-96(91(95(83)108)97(101,102)103)109-90-62-78(61-89-93(90)99(84)82-49-26-28-51-86(82)107(89)74-45-23-8-24-46-74)105(75-54-52-66(53-55-75)64-30-9-1-10-31-64)76-47-29-38-69(56-76)65-32-11-2-12-33-65/h1-63H. The molecule has 0 aliphatic carbocycles. The lowest BCUT2D eigenvalue weighted by Gasteiger charge is -2.47. The maximum absolute atomic E-state index is 19.0. The molecule has 4 heterocycles. The van der Waals surface area contributed by atoms with Crippen LogP contribution < -0.4 is 57.3 Å². The summed E-state index contributed by atoms with van der Waals surface area (Å²) >= 11 is 1.19. The van der Waals surface area contributed by atoms with E-state index >= 15 is 17.6 Å². The van der Waals surface area contributed by atoms with E-state index in [9.17, 15) is 0 Å². The van der Waals surface area contributed by atoms with Gasteiger partial charge < -0.3 is 24.5 Å². The maximum atomic E-state index is 19.0. The molecule has 0 radical (unpaired) electrons. The second kappa shape index (κ2) is 26.6. The molecule has 20 rings (SSSR count). The van der Waals surface area contributed by atoms with Crippen molar-refractivity contribution in [3.05, 3.63) is 394 Å². The van der Waals surface area contributed by atoms with E-state index in [0.29, 0.717) is 55.1 Å². The molecule has 0 atom stereocenters. The summed E-state index contributed by atoms with van der Waals surface area (Å²) in [5.74, 6) is -0.537. The predicted molar refractivity (Wildman–Crippen MR) is 446 cm³/mol. The Morgan fingerprint density at radius 1 is 0.275 bits per heavy atom. The fraction of sp³-hybridized carbons (Fsp3) is 0.0103. The summed E-state index contributed by atoms with van der Waals surface area (Å²) in [7, 11) is 0.